The lowest BCUT2D eigenvalue weighted by atomic mass is 10.2. The molecule has 1 N–H and O–H groups in total. The molecule has 1 amide bonds. The molecular weight excluding hydrogens is 376 g/mol. The van der Waals surface area contributed by atoms with E-state index in [1.165, 1.54) is 13.0 Å². The Hall–Kier alpha value is -3.13. The number of hydrogen-bond acceptors (Lipinski definition) is 6. The zero-order valence-corrected chi connectivity index (χ0v) is 15.4. The van der Waals surface area contributed by atoms with Gasteiger partial charge in [0.1, 0.15) is 11.3 Å². The summed E-state index contributed by atoms with van der Waals surface area (Å²) in [6, 6.07) is 10.6. The highest BCUT2D eigenvalue weighted by molar-refractivity contribution is 6.31. The molecule has 0 heterocycles. The summed E-state index contributed by atoms with van der Waals surface area (Å²) in [5.41, 5.74) is 0.0608. The van der Waals surface area contributed by atoms with E-state index in [1.54, 1.807) is 31.4 Å². The third-order valence-electron chi connectivity index (χ3n) is 3.65. The number of carbonyl (C=O) groups excluding carboxylic acids is 2. The molecule has 2 aromatic rings. The Labute approximate surface area is 160 Å². The Balaban J connectivity index is 1.98. The van der Waals surface area contributed by atoms with Crippen molar-refractivity contribution in [2.24, 2.45) is 0 Å². The number of esters is 1. The third-order valence-corrected chi connectivity index (χ3v) is 3.89. The van der Waals surface area contributed by atoms with Gasteiger partial charge in [-0.15, -0.1) is 0 Å². The van der Waals surface area contributed by atoms with Crippen molar-refractivity contribution < 1.29 is 24.0 Å². The first kappa shape index (κ1) is 20.2. The molecule has 142 valence electrons. The summed E-state index contributed by atoms with van der Waals surface area (Å²) in [5, 5.41) is 13.8. The summed E-state index contributed by atoms with van der Waals surface area (Å²) in [6.45, 7) is 1.60. The van der Waals surface area contributed by atoms with E-state index in [2.05, 4.69) is 5.32 Å². The number of methoxy groups -OCH3 is 1. The lowest BCUT2D eigenvalue weighted by Gasteiger charge is -2.14. The maximum absolute atomic E-state index is 12.2. The van der Waals surface area contributed by atoms with Gasteiger partial charge in [-0.3, -0.25) is 14.9 Å². The van der Waals surface area contributed by atoms with Gasteiger partial charge in [-0.25, -0.2) is 4.79 Å². The summed E-state index contributed by atoms with van der Waals surface area (Å²) in [6.07, 6.45) is -1.14. The molecule has 9 heteroatoms. The number of carbonyl (C=O) groups is 2. The van der Waals surface area contributed by atoms with Crippen LogP contribution in [0.1, 0.15) is 22.8 Å². The van der Waals surface area contributed by atoms with Gasteiger partial charge in [-0.2, -0.15) is 0 Å². The molecule has 27 heavy (non-hydrogen) atoms. The molecule has 0 aliphatic carbocycles. The van der Waals surface area contributed by atoms with E-state index in [9.17, 15) is 19.7 Å². The molecule has 0 aromatic heterocycles. The molecule has 0 aliphatic heterocycles. The van der Waals surface area contributed by atoms with Crippen molar-refractivity contribution in [3.05, 3.63) is 68.7 Å². The topological polar surface area (TPSA) is 108 Å². The fourth-order valence-electron chi connectivity index (χ4n) is 2.18. The van der Waals surface area contributed by atoms with Crippen LogP contribution in [0.4, 0.5) is 5.69 Å². The quantitative estimate of drug-likeness (QED) is 0.440. The van der Waals surface area contributed by atoms with Crippen LogP contribution in [-0.4, -0.2) is 30.0 Å². The highest BCUT2D eigenvalue weighted by Gasteiger charge is 2.25. The Morgan fingerprint density at radius 3 is 2.48 bits per heavy atom. The standard InChI is InChI=1S/C18H17ClN2O6/c1-11(17(22)20-10-12-3-6-14(26-2)7-4-12)27-18(23)15-9-13(19)5-8-16(15)21(24)25/h3-9,11H,10H2,1-2H3,(H,20,22)/t11-/m0/s1. The second-order valence-electron chi connectivity index (χ2n) is 5.53. The van der Waals surface area contributed by atoms with Gasteiger partial charge in [0.05, 0.1) is 12.0 Å². The van der Waals surface area contributed by atoms with Gasteiger partial charge in [-0.05, 0) is 36.8 Å². The molecule has 0 aliphatic rings. The van der Waals surface area contributed by atoms with Crippen LogP contribution in [0.2, 0.25) is 5.02 Å². The van der Waals surface area contributed by atoms with E-state index in [0.29, 0.717) is 5.75 Å². The van der Waals surface area contributed by atoms with E-state index in [-0.39, 0.29) is 17.1 Å². The summed E-state index contributed by atoms with van der Waals surface area (Å²) in [4.78, 5) is 34.6. The van der Waals surface area contributed by atoms with Crippen LogP contribution in [0.5, 0.6) is 5.75 Å². The van der Waals surface area contributed by atoms with E-state index in [4.69, 9.17) is 21.1 Å². The van der Waals surface area contributed by atoms with Crippen molar-refractivity contribution in [2.45, 2.75) is 19.6 Å². The summed E-state index contributed by atoms with van der Waals surface area (Å²) < 4.78 is 10.1. The molecule has 8 nitrogen and oxygen atoms in total. The molecule has 0 radical (unpaired) electrons. The van der Waals surface area contributed by atoms with E-state index in [0.717, 1.165) is 17.7 Å². The molecule has 0 unspecified atom stereocenters. The average molecular weight is 393 g/mol. The molecule has 0 saturated heterocycles. The van der Waals surface area contributed by atoms with Crippen LogP contribution in [-0.2, 0) is 16.1 Å². The number of nitrogens with one attached hydrogen (secondary N) is 1. The number of nitro groups is 1. The molecular formula is C18H17ClN2O6. The summed E-state index contributed by atoms with van der Waals surface area (Å²) >= 11 is 5.79. The zero-order chi connectivity index (χ0) is 20.0. The van der Waals surface area contributed by atoms with Gasteiger partial charge < -0.3 is 14.8 Å². The van der Waals surface area contributed by atoms with Crippen molar-refractivity contribution in [3.8, 4) is 5.75 Å². The van der Waals surface area contributed by atoms with Crippen LogP contribution >= 0.6 is 11.6 Å². The average Bonchev–Trinajstić information content (AvgIpc) is 2.65. The number of nitro benzene ring substituents is 1. The molecule has 0 saturated carbocycles. The van der Waals surface area contributed by atoms with Gasteiger partial charge in [-0.1, -0.05) is 23.7 Å². The number of nitrogens with zero attached hydrogens (tertiary/aromatic N) is 1. The first-order valence-electron chi connectivity index (χ1n) is 7.87. The second kappa shape index (κ2) is 9.00. The lowest BCUT2D eigenvalue weighted by molar-refractivity contribution is -0.385. The van der Waals surface area contributed by atoms with E-state index >= 15 is 0 Å². The van der Waals surface area contributed by atoms with Gasteiger partial charge in [0, 0.05) is 17.6 Å². The minimum absolute atomic E-state index is 0.143. The van der Waals surface area contributed by atoms with Crippen LogP contribution < -0.4 is 10.1 Å². The predicted molar refractivity (Wildman–Crippen MR) is 97.8 cm³/mol. The molecule has 0 fully saturated rings. The number of halogens is 1. The fraction of sp³-hybridized carbons (Fsp3) is 0.222. The summed E-state index contributed by atoms with van der Waals surface area (Å²) in [5.74, 6) is -0.851. The maximum atomic E-state index is 12.2. The van der Waals surface area contributed by atoms with Crippen LogP contribution in [0.3, 0.4) is 0 Å². The largest absolute Gasteiger partial charge is 0.497 e. The molecule has 2 aromatic carbocycles. The van der Waals surface area contributed by atoms with Gasteiger partial charge in [0.2, 0.25) is 0 Å². The van der Waals surface area contributed by atoms with Crippen molar-refractivity contribution in [1.82, 2.24) is 5.32 Å². The minimum atomic E-state index is -1.14. The van der Waals surface area contributed by atoms with E-state index < -0.39 is 28.6 Å². The van der Waals surface area contributed by atoms with E-state index in [1.807, 2.05) is 0 Å². The Morgan fingerprint density at radius 1 is 1.22 bits per heavy atom. The first-order valence-corrected chi connectivity index (χ1v) is 8.25. The Bertz CT molecular complexity index is 853. The maximum Gasteiger partial charge on any atom is 0.345 e. The molecule has 2 rings (SSSR count). The monoisotopic (exact) mass is 392 g/mol. The third kappa shape index (κ3) is 5.42. The van der Waals surface area contributed by atoms with Crippen molar-refractivity contribution in [1.29, 1.82) is 0 Å². The minimum Gasteiger partial charge on any atom is -0.497 e. The van der Waals surface area contributed by atoms with Crippen LogP contribution in [0, 0.1) is 10.1 Å². The van der Waals surface area contributed by atoms with Crippen molar-refractivity contribution in [3.63, 3.8) is 0 Å². The van der Waals surface area contributed by atoms with Gasteiger partial charge >= 0.3 is 5.97 Å². The molecule has 1 atom stereocenters. The van der Waals surface area contributed by atoms with Crippen molar-refractivity contribution in [2.75, 3.05) is 7.11 Å². The SMILES string of the molecule is COc1ccc(CNC(=O)[C@H](C)OC(=O)c2cc(Cl)ccc2[N+](=O)[O-])cc1. The van der Waals surface area contributed by atoms with Crippen molar-refractivity contribution >= 4 is 29.2 Å². The Kier molecular flexibility index (Phi) is 6.73. The number of hydrogen-bond donors (Lipinski definition) is 1. The Morgan fingerprint density at radius 2 is 1.89 bits per heavy atom. The van der Waals surface area contributed by atoms with Gasteiger partial charge in [0.25, 0.3) is 11.6 Å². The highest BCUT2D eigenvalue weighted by Crippen LogP contribution is 2.24. The van der Waals surface area contributed by atoms with Crippen LogP contribution in [0.15, 0.2) is 42.5 Å². The number of amides is 1. The molecule has 0 bridgehead atoms. The van der Waals surface area contributed by atoms with Crippen LogP contribution in [0.25, 0.3) is 0 Å². The smallest absolute Gasteiger partial charge is 0.345 e. The number of benzene rings is 2. The molecule has 0 spiro atoms. The number of ether oxygens (including phenoxy) is 2. The number of rotatable bonds is 7. The highest BCUT2D eigenvalue weighted by atomic mass is 35.5. The first-order chi connectivity index (χ1) is 12.8. The predicted octanol–water partition coefficient (Wildman–Crippen LogP) is 3.12. The van der Waals surface area contributed by atoms with Gasteiger partial charge in [0.15, 0.2) is 6.10 Å². The fourth-order valence-corrected chi connectivity index (χ4v) is 2.36. The summed E-state index contributed by atoms with van der Waals surface area (Å²) in [7, 11) is 1.55. The zero-order valence-electron chi connectivity index (χ0n) is 14.6. The lowest BCUT2D eigenvalue weighted by Crippen LogP contribution is -2.35. The second-order valence-corrected chi connectivity index (χ2v) is 5.97. The normalized spacial score (nSPS) is 11.4.